The minimum atomic E-state index is -1.89. The summed E-state index contributed by atoms with van der Waals surface area (Å²) in [6.07, 6.45) is 13.8. The monoisotopic (exact) mass is 899 g/mol. The van der Waals surface area contributed by atoms with Gasteiger partial charge in [-0.25, -0.2) is 4.79 Å². The molecule has 19 atom stereocenters. The average Bonchev–Trinajstić information content (AvgIpc) is 3.62. The van der Waals surface area contributed by atoms with Crippen LogP contribution < -0.4 is 0 Å². The van der Waals surface area contributed by atoms with Crippen LogP contribution in [-0.2, 0) is 52.2 Å². The van der Waals surface area contributed by atoms with Crippen LogP contribution in [0.1, 0.15) is 106 Å². The van der Waals surface area contributed by atoms with Crippen molar-refractivity contribution in [1.82, 2.24) is 0 Å². The number of fused-ring (bicyclic) bond motifs is 2. The van der Waals surface area contributed by atoms with E-state index in [1.54, 1.807) is 33.3 Å². The summed E-state index contributed by atoms with van der Waals surface area (Å²) in [7, 11) is 3.23. The molecule has 4 saturated heterocycles. The number of methoxy groups -OCH3 is 2. The molecule has 64 heavy (non-hydrogen) atoms. The summed E-state index contributed by atoms with van der Waals surface area (Å²) in [6, 6.07) is 0. The minimum absolute atomic E-state index is 0.0260. The average molecular weight is 899 g/mol. The topological polar surface area (TPSA) is 170 Å². The van der Waals surface area contributed by atoms with Crippen LogP contribution in [-0.4, -0.2) is 139 Å². The molecule has 14 nitrogen and oxygen atoms in total. The Labute approximate surface area is 379 Å². The van der Waals surface area contributed by atoms with Gasteiger partial charge < -0.3 is 62.7 Å². The molecule has 5 fully saturated rings. The highest BCUT2D eigenvalue weighted by atomic mass is 16.7. The fourth-order valence-corrected chi connectivity index (χ4v) is 11.6. The van der Waals surface area contributed by atoms with Crippen molar-refractivity contribution in [3.8, 4) is 0 Å². The van der Waals surface area contributed by atoms with E-state index in [4.69, 9.17) is 47.4 Å². The SMILES string of the molecule is CO[C@H]1C[C@H](O[C@H]2[C@H](C)O[C@@H](O[C@@H]3/C(C)=C\C[C@@H]4C[C@@H](C[C@]5(C=C[C@H](C)[C@@H](C6CCCCC6)O5)O4)OC(=O)C4=C[C@H](C)[C@@H](O)[C@H]5OCC(=C/C=C\[C@@H]3C)[C@@]45O)C[C@@H]2OC)O[C@@H](C)[C@@H]1O. The predicted molar refractivity (Wildman–Crippen MR) is 234 cm³/mol. The minimum Gasteiger partial charge on any atom is -0.459 e. The Morgan fingerprint density at radius 3 is 2.27 bits per heavy atom. The number of rotatable bonds is 7. The fraction of sp³-hybridized carbons (Fsp3) is 0.780. The lowest BCUT2D eigenvalue weighted by Gasteiger charge is -2.49. The highest BCUT2D eigenvalue weighted by Gasteiger charge is 2.59. The lowest BCUT2D eigenvalue weighted by atomic mass is 9.72. The van der Waals surface area contributed by atoms with E-state index in [0.29, 0.717) is 43.6 Å². The Kier molecular flexibility index (Phi) is 15.1. The Bertz CT molecular complexity index is 1790. The van der Waals surface area contributed by atoms with Crippen LogP contribution in [0.3, 0.4) is 0 Å². The third-order valence-electron chi connectivity index (χ3n) is 15.4. The normalized spacial score (nSPS) is 48.4. The standard InChI is InChI=1S/C50H74O14/c1-27-13-12-16-34-26-57-47-42(51)30(4)21-37(50(34,47)54)48(53)60-36-22-35(63-49(25-36)20-19-29(3)45(64-49)33-14-10-9-11-15-33)18-17-28(2)44(27)61-41-24-39(56-8)46(32(6)59-41)62-40-23-38(55-7)43(52)31(5)58-40/h12-13,16-17,19-21,27,29-33,35-36,38-47,51-52,54H,9-11,14-15,18,22-26H2,1-8H3/b13-12-,28-17-,34-16?/t27-,29-,30-,31-,32-,35+,36-,38-,39-,40-,41-,42+,43-,44-,45-,46-,47+,49+,50+/m0/s1. The maximum absolute atomic E-state index is 14.4. The number of hydrogen-bond donors (Lipinski definition) is 3. The summed E-state index contributed by atoms with van der Waals surface area (Å²) in [6.45, 7) is 11.9. The third-order valence-corrected chi connectivity index (χ3v) is 15.4. The van der Waals surface area contributed by atoms with Crippen LogP contribution in [0.25, 0.3) is 0 Å². The number of esters is 1. The van der Waals surface area contributed by atoms with E-state index in [0.717, 1.165) is 18.4 Å². The van der Waals surface area contributed by atoms with E-state index >= 15 is 0 Å². The van der Waals surface area contributed by atoms with Gasteiger partial charge in [0.05, 0.1) is 61.0 Å². The second-order valence-electron chi connectivity index (χ2n) is 20.0. The van der Waals surface area contributed by atoms with Gasteiger partial charge in [-0.15, -0.1) is 0 Å². The first-order valence-corrected chi connectivity index (χ1v) is 24.0. The summed E-state index contributed by atoms with van der Waals surface area (Å²) in [5.74, 6) is -1.75. The van der Waals surface area contributed by atoms with Gasteiger partial charge in [0, 0.05) is 57.7 Å². The van der Waals surface area contributed by atoms with E-state index < -0.39 is 90.8 Å². The molecule has 0 amide bonds. The highest BCUT2D eigenvalue weighted by molar-refractivity contribution is 5.93. The van der Waals surface area contributed by atoms with E-state index in [1.165, 1.54) is 19.3 Å². The van der Waals surface area contributed by atoms with Gasteiger partial charge in [-0.05, 0) is 63.2 Å². The smallest absolute Gasteiger partial charge is 0.337 e. The maximum Gasteiger partial charge on any atom is 0.337 e. The maximum atomic E-state index is 14.4. The number of aliphatic hydroxyl groups excluding tert-OH is 2. The van der Waals surface area contributed by atoms with Crippen LogP contribution in [0.5, 0.6) is 0 Å². The van der Waals surface area contributed by atoms with Gasteiger partial charge in [-0.3, -0.25) is 0 Å². The van der Waals surface area contributed by atoms with Gasteiger partial charge in [0.2, 0.25) is 0 Å². The highest BCUT2D eigenvalue weighted by Crippen LogP contribution is 2.47. The Balaban J connectivity index is 1.08. The van der Waals surface area contributed by atoms with Crippen LogP contribution in [0.2, 0.25) is 0 Å². The summed E-state index contributed by atoms with van der Waals surface area (Å²) in [4.78, 5) is 14.4. The van der Waals surface area contributed by atoms with Crippen molar-refractivity contribution in [2.24, 2.45) is 23.7 Å². The number of carbonyl (C=O) groups excluding carboxylic acids is 1. The van der Waals surface area contributed by atoms with Gasteiger partial charge in [0.15, 0.2) is 18.4 Å². The lowest BCUT2D eigenvalue weighted by molar-refractivity contribution is -0.318. The molecular formula is C50H74O14. The van der Waals surface area contributed by atoms with E-state index in [2.05, 4.69) is 32.9 Å². The molecule has 3 N–H and O–H groups in total. The second kappa shape index (κ2) is 20.1. The predicted octanol–water partition coefficient (Wildman–Crippen LogP) is 5.91. The fourth-order valence-electron chi connectivity index (χ4n) is 11.6. The number of hydrogen-bond acceptors (Lipinski definition) is 14. The second-order valence-corrected chi connectivity index (χ2v) is 20.0. The van der Waals surface area contributed by atoms with Gasteiger partial charge in [-0.2, -0.15) is 0 Å². The van der Waals surface area contributed by atoms with E-state index in [9.17, 15) is 20.1 Å². The molecule has 8 aliphatic rings. The Morgan fingerprint density at radius 2 is 1.52 bits per heavy atom. The molecule has 6 heterocycles. The summed E-state index contributed by atoms with van der Waals surface area (Å²) >= 11 is 0. The van der Waals surface area contributed by atoms with Gasteiger partial charge in [0.1, 0.15) is 30.0 Å². The first-order valence-electron chi connectivity index (χ1n) is 24.0. The Hall–Kier alpha value is -2.31. The molecule has 0 radical (unpaired) electrons. The molecule has 1 saturated carbocycles. The quantitative estimate of drug-likeness (QED) is 0.204. The molecule has 358 valence electrons. The summed E-state index contributed by atoms with van der Waals surface area (Å²) < 4.78 is 64.1. The van der Waals surface area contributed by atoms with Crippen molar-refractivity contribution < 1.29 is 67.5 Å². The molecule has 0 aromatic carbocycles. The molecule has 0 aromatic rings. The zero-order valence-electron chi connectivity index (χ0n) is 39.0. The first kappa shape index (κ1) is 48.2. The molecule has 14 heteroatoms. The molecule has 0 unspecified atom stereocenters. The number of allylic oxidation sites excluding steroid dienone is 2. The van der Waals surface area contributed by atoms with Gasteiger partial charge >= 0.3 is 5.97 Å². The number of carbonyl (C=O) groups is 1. The Morgan fingerprint density at radius 1 is 0.797 bits per heavy atom. The lowest BCUT2D eigenvalue weighted by Crippen LogP contribution is -2.56. The van der Waals surface area contributed by atoms with Crippen molar-refractivity contribution in [2.45, 2.75) is 203 Å². The zero-order valence-corrected chi connectivity index (χ0v) is 39.0. The molecule has 8 rings (SSSR count). The van der Waals surface area contributed by atoms with Crippen molar-refractivity contribution in [2.75, 3.05) is 20.8 Å². The summed E-state index contributed by atoms with van der Waals surface area (Å²) in [5.41, 5.74) is -0.390. The first-order chi connectivity index (χ1) is 30.6. The van der Waals surface area contributed by atoms with Crippen LogP contribution in [0, 0.1) is 23.7 Å². The molecule has 2 aliphatic carbocycles. The molecule has 1 spiro atoms. The van der Waals surface area contributed by atoms with Crippen molar-refractivity contribution >= 4 is 5.97 Å². The summed E-state index contributed by atoms with van der Waals surface area (Å²) in [5, 5.41) is 34.3. The van der Waals surface area contributed by atoms with Crippen LogP contribution in [0.15, 0.2) is 59.3 Å². The van der Waals surface area contributed by atoms with Crippen molar-refractivity contribution in [3.63, 3.8) is 0 Å². The van der Waals surface area contributed by atoms with E-state index in [1.807, 2.05) is 32.1 Å². The van der Waals surface area contributed by atoms with Crippen molar-refractivity contribution in [3.05, 3.63) is 59.3 Å². The van der Waals surface area contributed by atoms with Crippen LogP contribution in [0.4, 0.5) is 0 Å². The number of aliphatic hydroxyl groups is 3. The molecule has 6 aliphatic heterocycles. The van der Waals surface area contributed by atoms with Crippen molar-refractivity contribution in [1.29, 1.82) is 0 Å². The van der Waals surface area contributed by atoms with E-state index in [-0.39, 0.29) is 42.3 Å². The largest absolute Gasteiger partial charge is 0.459 e. The van der Waals surface area contributed by atoms with Crippen LogP contribution >= 0.6 is 0 Å². The molecule has 2 bridgehead atoms. The number of ether oxygens (including phenoxy) is 10. The van der Waals surface area contributed by atoms with Gasteiger partial charge in [0.25, 0.3) is 0 Å². The molecular weight excluding hydrogens is 825 g/mol. The molecule has 0 aromatic heterocycles. The zero-order chi connectivity index (χ0) is 45.5. The van der Waals surface area contributed by atoms with Gasteiger partial charge in [-0.1, -0.05) is 76.5 Å². The third kappa shape index (κ3) is 9.82.